The highest BCUT2D eigenvalue weighted by Crippen LogP contribution is 2.59. The van der Waals surface area contributed by atoms with E-state index in [1.807, 2.05) is 5.32 Å². The second-order valence-corrected chi connectivity index (χ2v) is 7.88. The second-order valence-electron chi connectivity index (χ2n) is 3.30. The van der Waals surface area contributed by atoms with E-state index in [2.05, 4.69) is 0 Å². The number of anilines is 1. The van der Waals surface area contributed by atoms with Crippen LogP contribution in [0.4, 0.5) is 5.69 Å². The lowest BCUT2D eigenvalue weighted by atomic mass is 10.3. The van der Waals surface area contributed by atoms with E-state index in [9.17, 15) is 9.13 Å². The number of hydrogen-bond acceptors (Lipinski definition) is 3. The van der Waals surface area contributed by atoms with Crippen molar-refractivity contribution in [2.75, 3.05) is 5.32 Å². The molecule has 1 aromatic carbocycles. The van der Waals surface area contributed by atoms with Crippen molar-refractivity contribution < 1.29 is 28.7 Å². The van der Waals surface area contributed by atoms with E-state index in [0.717, 1.165) is 0 Å². The molecule has 0 unspecified atom stereocenters. The van der Waals surface area contributed by atoms with Gasteiger partial charge in [0.1, 0.15) is 0 Å². The highest BCUT2D eigenvalue weighted by molar-refractivity contribution is 7.71. The summed E-state index contributed by atoms with van der Waals surface area (Å²) in [5.74, 6) is 0. The van der Waals surface area contributed by atoms with Crippen molar-refractivity contribution >= 4 is 44.1 Å². The van der Waals surface area contributed by atoms with Crippen LogP contribution in [-0.2, 0) is 9.13 Å². The topological polar surface area (TPSA) is 127 Å². The molecule has 1 aromatic rings. The highest BCUT2D eigenvalue weighted by Gasteiger charge is 2.43. The number of rotatable bonds is 4. The van der Waals surface area contributed by atoms with E-state index in [1.54, 1.807) is 0 Å². The number of nitrogens with one attached hydrogen (secondary N) is 1. The summed E-state index contributed by atoms with van der Waals surface area (Å²) in [6, 6.07) is 4.11. The Morgan fingerprint density at radius 2 is 1.56 bits per heavy atom. The molecule has 18 heavy (non-hydrogen) atoms. The summed E-state index contributed by atoms with van der Waals surface area (Å²) in [5.41, 5.74) is -2.46. The summed E-state index contributed by atoms with van der Waals surface area (Å²) in [6.07, 6.45) is 0. The standard InChI is InChI=1S/C7H9Cl2NO6P2/c8-4-2-1-3-5(6(4)9)10-7(17(11,12)13)18(14,15)16/h1-3,7,10H,(H2,11,12,13)(H2,14,15,16). The molecule has 0 amide bonds. The van der Waals surface area contributed by atoms with Crippen LogP contribution in [0.25, 0.3) is 0 Å². The van der Waals surface area contributed by atoms with Crippen LogP contribution in [0, 0.1) is 0 Å². The molecule has 0 spiro atoms. The molecular formula is C7H9Cl2NO6P2. The average molecular weight is 336 g/mol. The third-order valence-corrected chi connectivity index (χ3v) is 6.03. The van der Waals surface area contributed by atoms with Gasteiger partial charge < -0.3 is 24.9 Å². The Morgan fingerprint density at radius 3 is 2.00 bits per heavy atom. The van der Waals surface area contributed by atoms with Gasteiger partial charge in [0.25, 0.3) is 0 Å². The van der Waals surface area contributed by atoms with E-state index in [-0.39, 0.29) is 15.7 Å². The molecule has 0 bridgehead atoms. The summed E-state index contributed by atoms with van der Waals surface area (Å²) in [6.45, 7) is 0. The van der Waals surface area contributed by atoms with Crippen molar-refractivity contribution in [2.45, 2.75) is 5.52 Å². The predicted octanol–water partition coefficient (Wildman–Crippen LogP) is 2.04. The Labute approximate surface area is 112 Å². The Morgan fingerprint density at radius 1 is 1.06 bits per heavy atom. The van der Waals surface area contributed by atoms with E-state index in [0.29, 0.717) is 0 Å². The molecule has 102 valence electrons. The van der Waals surface area contributed by atoms with Gasteiger partial charge in [-0.2, -0.15) is 0 Å². The van der Waals surface area contributed by atoms with Gasteiger partial charge in [0.15, 0.2) is 0 Å². The van der Waals surface area contributed by atoms with Crippen LogP contribution >= 0.6 is 38.4 Å². The lowest BCUT2D eigenvalue weighted by Gasteiger charge is -2.22. The molecule has 0 aromatic heterocycles. The first-order chi connectivity index (χ1) is 8.03. The SMILES string of the molecule is O=P(O)(O)C(Nc1cccc(Cl)c1Cl)P(=O)(O)O. The fourth-order valence-electron chi connectivity index (χ4n) is 1.12. The maximum Gasteiger partial charge on any atom is 0.360 e. The molecule has 5 N–H and O–H groups in total. The molecular weight excluding hydrogens is 327 g/mol. The Bertz CT molecular complexity index is 519. The van der Waals surface area contributed by atoms with E-state index in [4.69, 9.17) is 42.8 Å². The van der Waals surface area contributed by atoms with Crippen molar-refractivity contribution in [1.82, 2.24) is 0 Å². The molecule has 0 aliphatic rings. The van der Waals surface area contributed by atoms with E-state index >= 15 is 0 Å². The molecule has 0 atom stereocenters. The summed E-state index contributed by atoms with van der Waals surface area (Å²) in [7, 11) is -10.1. The highest BCUT2D eigenvalue weighted by atomic mass is 35.5. The van der Waals surface area contributed by atoms with Crippen LogP contribution in [-0.4, -0.2) is 25.1 Å². The van der Waals surface area contributed by atoms with Crippen molar-refractivity contribution in [2.24, 2.45) is 0 Å². The summed E-state index contributed by atoms with van der Waals surface area (Å²) >= 11 is 11.4. The lowest BCUT2D eigenvalue weighted by molar-refractivity contribution is 0.343. The van der Waals surface area contributed by atoms with Gasteiger partial charge in [-0.15, -0.1) is 0 Å². The predicted molar refractivity (Wildman–Crippen MR) is 68.0 cm³/mol. The number of hydrogen-bond donors (Lipinski definition) is 5. The third kappa shape index (κ3) is 3.95. The smallest absolute Gasteiger partial charge is 0.360 e. The van der Waals surface area contributed by atoms with E-state index in [1.165, 1.54) is 18.2 Å². The van der Waals surface area contributed by atoms with Gasteiger partial charge in [-0.25, -0.2) is 0 Å². The van der Waals surface area contributed by atoms with Gasteiger partial charge in [-0.05, 0) is 12.1 Å². The van der Waals surface area contributed by atoms with Crippen molar-refractivity contribution in [3.05, 3.63) is 28.2 Å². The van der Waals surface area contributed by atoms with Crippen molar-refractivity contribution in [1.29, 1.82) is 0 Å². The zero-order chi connectivity index (χ0) is 14.1. The first-order valence-electron chi connectivity index (χ1n) is 4.34. The molecule has 0 heterocycles. The van der Waals surface area contributed by atoms with Gasteiger partial charge >= 0.3 is 15.2 Å². The van der Waals surface area contributed by atoms with Crippen molar-refractivity contribution in [3.63, 3.8) is 0 Å². The van der Waals surface area contributed by atoms with Crippen LogP contribution in [0.2, 0.25) is 10.0 Å². The number of halogens is 2. The maximum atomic E-state index is 11.0. The van der Waals surface area contributed by atoms with Crippen molar-refractivity contribution in [3.8, 4) is 0 Å². The number of benzene rings is 1. The van der Waals surface area contributed by atoms with Gasteiger partial charge in [0.2, 0.25) is 5.52 Å². The minimum Gasteiger partial charge on any atom is -0.360 e. The lowest BCUT2D eigenvalue weighted by Crippen LogP contribution is -2.20. The Hall–Kier alpha value is -0.100. The minimum absolute atomic E-state index is 0.0804. The molecule has 7 nitrogen and oxygen atoms in total. The van der Waals surface area contributed by atoms with Gasteiger partial charge in [-0.3, -0.25) is 9.13 Å². The molecule has 1 rings (SSSR count). The fourth-order valence-corrected chi connectivity index (χ4v) is 3.66. The van der Waals surface area contributed by atoms with Crippen LogP contribution in [0.3, 0.4) is 0 Å². The van der Waals surface area contributed by atoms with Crippen LogP contribution in [0.15, 0.2) is 18.2 Å². The van der Waals surface area contributed by atoms with Gasteiger partial charge in [0, 0.05) is 0 Å². The average Bonchev–Trinajstić information content (AvgIpc) is 2.16. The molecule has 11 heteroatoms. The van der Waals surface area contributed by atoms with Gasteiger partial charge in [-0.1, -0.05) is 29.3 Å². The first-order valence-corrected chi connectivity index (χ1v) is 8.46. The molecule has 0 aliphatic carbocycles. The molecule has 0 aliphatic heterocycles. The van der Waals surface area contributed by atoms with Crippen LogP contribution in [0.5, 0.6) is 0 Å². The monoisotopic (exact) mass is 335 g/mol. The Kier molecular flexibility index (Phi) is 4.87. The second kappa shape index (κ2) is 5.49. The summed E-state index contributed by atoms with van der Waals surface area (Å²) < 4.78 is 22.1. The molecule has 0 saturated carbocycles. The minimum atomic E-state index is -5.07. The molecule has 0 fully saturated rings. The maximum absolute atomic E-state index is 11.0. The Balaban J connectivity index is 3.17. The third-order valence-electron chi connectivity index (χ3n) is 1.87. The fraction of sp³-hybridized carbons (Fsp3) is 0.143. The zero-order valence-electron chi connectivity index (χ0n) is 8.57. The molecule has 0 radical (unpaired) electrons. The normalized spacial score (nSPS) is 12.8. The van der Waals surface area contributed by atoms with Gasteiger partial charge in [0.05, 0.1) is 15.7 Å². The quantitative estimate of drug-likeness (QED) is 0.533. The van der Waals surface area contributed by atoms with Crippen LogP contribution in [0.1, 0.15) is 0 Å². The summed E-state index contributed by atoms with van der Waals surface area (Å²) in [4.78, 5) is 35.7. The van der Waals surface area contributed by atoms with Crippen LogP contribution < -0.4 is 5.32 Å². The molecule has 0 saturated heterocycles. The zero-order valence-corrected chi connectivity index (χ0v) is 11.9. The largest absolute Gasteiger partial charge is 0.360 e. The van der Waals surface area contributed by atoms with E-state index < -0.39 is 20.7 Å². The first kappa shape index (κ1) is 16.0. The summed E-state index contributed by atoms with van der Waals surface area (Å²) in [5, 5.41) is 2.01.